The highest BCUT2D eigenvalue weighted by Gasteiger charge is 2.45. The highest BCUT2D eigenvalue weighted by Crippen LogP contribution is 2.51. The van der Waals surface area contributed by atoms with Crippen LogP contribution in [0.2, 0.25) is 0 Å². The van der Waals surface area contributed by atoms with Crippen LogP contribution in [0, 0.1) is 11.3 Å². The predicted molar refractivity (Wildman–Crippen MR) is 71.6 cm³/mol. The summed E-state index contributed by atoms with van der Waals surface area (Å²) in [5.74, 6) is 2.14. The van der Waals surface area contributed by atoms with Crippen molar-refractivity contribution >= 4 is 22.9 Å². The number of aromatic nitrogens is 4. The molecule has 2 aromatic heterocycles. The van der Waals surface area contributed by atoms with Crippen LogP contribution in [0.3, 0.4) is 0 Å². The minimum atomic E-state index is 0.471. The van der Waals surface area contributed by atoms with Gasteiger partial charge < -0.3 is 15.6 Å². The van der Waals surface area contributed by atoms with Gasteiger partial charge in [-0.2, -0.15) is 9.97 Å². The van der Waals surface area contributed by atoms with E-state index in [0.29, 0.717) is 17.0 Å². The molecule has 1 aliphatic carbocycles. The van der Waals surface area contributed by atoms with Crippen LogP contribution in [0.15, 0.2) is 6.33 Å². The lowest BCUT2D eigenvalue weighted by Gasteiger charge is -2.08. The number of fused-ring (bicyclic) bond motifs is 1. The Labute approximate surface area is 106 Å². The van der Waals surface area contributed by atoms with Crippen molar-refractivity contribution in [2.24, 2.45) is 11.3 Å². The molecule has 0 radical (unpaired) electrons. The molecule has 6 heteroatoms. The second kappa shape index (κ2) is 3.83. The number of imidazole rings is 1. The van der Waals surface area contributed by atoms with Gasteiger partial charge in [-0.15, -0.1) is 0 Å². The summed E-state index contributed by atoms with van der Waals surface area (Å²) >= 11 is 0. The third kappa shape index (κ3) is 1.87. The van der Waals surface area contributed by atoms with Gasteiger partial charge in [-0.3, -0.25) is 0 Å². The third-order valence-corrected chi connectivity index (χ3v) is 3.74. The summed E-state index contributed by atoms with van der Waals surface area (Å²) in [4.78, 5) is 16.0. The summed E-state index contributed by atoms with van der Waals surface area (Å²) in [5.41, 5.74) is 2.03. The molecule has 3 rings (SSSR count). The molecule has 6 nitrogen and oxygen atoms in total. The van der Waals surface area contributed by atoms with E-state index in [0.717, 1.165) is 23.8 Å². The van der Waals surface area contributed by atoms with Crippen LogP contribution < -0.4 is 10.6 Å². The van der Waals surface area contributed by atoms with Crippen molar-refractivity contribution in [3.8, 4) is 0 Å². The fourth-order valence-electron chi connectivity index (χ4n) is 2.22. The van der Waals surface area contributed by atoms with Gasteiger partial charge in [0.05, 0.1) is 6.33 Å². The van der Waals surface area contributed by atoms with Crippen LogP contribution in [0.5, 0.6) is 0 Å². The van der Waals surface area contributed by atoms with Crippen molar-refractivity contribution in [3.63, 3.8) is 0 Å². The van der Waals surface area contributed by atoms with Crippen molar-refractivity contribution in [2.45, 2.75) is 20.3 Å². The second-order valence-electron chi connectivity index (χ2n) is 5.52. The van der Waals surface area contributed by atoms with Crippen molar-refractivity contribution in [3.05, 3.63) is 6.33 Å². The first kappa shape index (κ1) is 11.3. The molecule has 2 aromatic rings. The van der Waals surface area contributed by atoms with E-state index in [9.17, 15) is 0 Å². The summed E-state index contributed by atoms with van der Waals surface area (Å²) in [6.45, 7) is 5.54. The van der Waals surface area contributed by atoms with Gasteiger partial charge in [0, 0.05) is 13.6 Å². The summed E-state index contributed by atoms with van der Waals surface area (Å²) in [6.07, 6.45) is 2.92. The van der Waals surface area contributed by atoms with E-state index in [1.54, 1.807) is 6.33 Å². The Kier molecular flexibility index (Phi) is 2.39. The molecule has 1 aliphatic rings. The van der Waals surface area contributed by atoms with E-state index in [2.05, 4.69) is 44.4 Å². The number of nitrogens with zero attached hydrogens (tertiary/aromatic N) is 3. The first-order valence-electron chi connectivity index (χ1n) is 6.23. The number of hydrogen-bond donors (Lipinski definition) is 3. The highest BCUT2D eigenvalue weighted by atomic mass is 15.2. The van der Waals surface area contributed by atoms with Crippen molar-refractivity contribution in [1.29, 1.82) is 0 Å². The predicted octanol–water partition coefficient (Wildman–Crippen LogP) is 1.85. The first-order valence-corrected chi connectivity index (χ1v) is 6.23. The van der Waals surface area contributed by atoms with Crippen LogP contribution in [0.25, 0.3) is 11.2 Å². The van der Waals surface area contributed by atoms with Gasteiger partial charge in [-0.25, -0.2) is 4.98 Å². The quantitative estimate of drug-likeness (QED) is 0.767. The number of H-pyrrole nitrogens is 1. The van der Waals surface area contributed by atoms with Gasteiger partial charge in [0.25, 0.3) is 0 Å². The molecule has 1 atom stereocenters. The normalized spacial score (nSPS) is 20.9. The summed E-state index contributed by atoms with van der Waals surface area (Å²) in [5, 5.41) is 6.36. The average Bonchev–Trinajstić information content (AvgIpc) is 2.78. The van der Waals surface area contributed by atoms with E-state index in [-0.39, 0.29) is 0 Å². The van der Waals surface area contributed by atoms with Crippen molar-refractivity contribution in [2.75, 3.05) is 24.2 Å². The minimum Gasteiger partial charge on any atom is -0.368 e. The van der Waals surface area contributed by atoms with E-state index >= 15 is 0 Å². The maximum Gasteiger partial charge on any atom is 0.226 e. The zero-order valence-corrected chi connectivity index (χ0v) is 10.9. The fraction of sp³-hybridized carbons (Fsp3) is 0.583. The molecule has 0 aromatic carbocycles. The second-order valence-corrected chi connectivity index (χ2v) is 5.52. The molecule has 0 amide bonds. The van der Waals surface area contributed by atoms with E-state index in [4.69, 9.17) is 0 Å². The molecule has 1 fully saturated rings. The zero-order valence-electron chi connectivity index (χ0n) is 10.9. The smallest absolute Gasteiger partial charge is 0.226 e. The number of rotatable bonds is 4. The van der Waals surface area contributed by atoms with Crippen LogP contribution in [-0.4, -0.2) is 33.5 Å². The lowest BCUT2D eigenvalue weighted by atomic mass is 10.1. The molecule has 3 N–H and O–H groups in total. The molecular formula is C12H18N6. The van der Waals surface area contributed by atoms with Gasteiger partial charge in [-0.05, 0) is 17.8 Å². The molecular weight excluding hydrogens is 228 g/mol. The van der Waals surface area contributed by atoms with Crippen LogP contribution in [0.4, 0.5) is 11.8 Å². The van der Waals surface area contributed by atoms with Crippen LogP contribution in [-0.2, 0) is 0 Å². The van der Waals surface area contributed by atoms with Gasteiger partial charge >= 0.3 is 0 Å². The van der Waals surface area contributed by atoms with E-state index < -0.39 is 0 Å². The summed E-state index contributed by atoms with van der Waals surface area (Å²) < 4.78 is 0. The van der Waals surface area contributed by atoms with Gasteiger partial charge in [-0.1, -0.05) is 13.8 Å². The summed E-state index contributed by atoms with van der Waals surface area (Å²) in [6, 6.07) is 0. The molecule has 18 heavy (non-hydrogen) atoms. The zero-order chi connectivity index (χ0) is 12.8. The van der Waals surface area contributed by atoms with Crippen molar-refractivity contribution in [1.82, 2.24) is 19.9 Å². The number of anilines is 2. The SMILES string of the molecule is CNc1nc(NCC2CC2(C)C)c2[nH]cnc2n1. The molecule has 0 bridgehead atoms. The molecule has 0 saturated heterocycles. The Morgan fingerprint density at radius 2 is 2.22 bits per heavy atom. The number of hydrogen-bond acceptors (Lipinski definition) is 5. The minimum absolute atomic E-state index is 0.471. The lowest BCUT2D eigenvalue weighted by Crippen LogP contribution is -2.10. The van der Waals surface area contributed by atoms with Gasteiger partial charge in [0.1, 0.15) is 5.52 Å². The molecule has 1 saturated carbocycles. The molecule has 0 spiro atoms. The topological polar surface area (TPSA) is 78.5 Å². The van der Waals surface area contributed by atoms with Crippen LogP contribution >= 0.6 is 0 Å². The van der Waals surface area contributed by atoms with Crippen molar-refractivity contribution < 1.29 is 0 Å². The van der Waals surface area contributed by atoms with Gasteiger partial charge in [0.15, 0.2) is 11.5 Å². The Bertz CT molecular complexity index is 573. The van der Waals surface area contributed by atoms with E-state index in [1.807, 2.05) is 7.05 Å². The standard InChI is InChI=1S/C12H18N6/c1-12(2)4-7(12)5-14-9-8-10(16-6-15-8)18-11(13-3)17-9/h6-7H,4-5H2,1-3H3,(H3,13,14,15,16,17,18). The molecule has 1 unspecified atom stereocenters. The Morgan fingerprint density at radius 1 is 1.44 bits per heavy atom. The fourth-order valence-corrected chi connectivity index (χ4v) is 2.22. The van der Waals surface area contributed by atoms with E-state index in [1.165, 1.54) is 6.42 Å². The maximum absolute atomic E-state index is 4.43. The number of aromatic amines is 1. The first-order chi connectivity index (χ1) is 8.60. The Morgan fingerprint density at radius 3 is 2.89 bits per heavy atom. The average molecular weight is 246 g/mol. The Balaban J connectivity index is 1.83. The maximum atomic E-state index is 4.43. The number of nitrogens with one attached hydrogen (secondary N) is 3. The lowest BCUT2D eigenvalue weighted by molar-refractivity contribution is 0.573. The summed E-state index contributed by atoms with van der Waals surface area (Å²) in [7, 11) is 1.81. The molecule has 2 heterocycles. The Hall–Kier alpha value is -1.85. The monoisotopic (exact) mass is 246 g/mol. The largest absolute Gasteiger partial charge is 0.368 e. The van der Waals surface area contributed by atoms with Crippen LogP contribution in [0.1, 0.15) is 20.3 Å². The molecule has 96 valence electrons. The molecule has 0 aliphatic heterocycles. The third-order valence-electron chi connectivity index (χ3n) is 3.74. The highest BCUT2D eigenvalue weighted by molar-refractivity contribution is 5.83. The van der Waals surface area contributed by atoms with Gasteiger partial charge in [0.2, 0.25) is 5.95 Å².